The van der Waals surface area contributed by atoms with Crippen molar-refractivity contribution in [3.63, 3.8) is 0 Å². The highest BCUT2D eigenvalue weighted by atomic mass is 32.2. The number of rotatable bonds is 6. The van der Waals surface area contributed by atoms with Gasteiger partial charge in [-0.05, 0) is 48.5 Å². The van der Waals surface area contributed by atoms with E-state index in [0.717, 1.165) is 16.5 Å². The lowest BCUT2D eigenvalue weighted by molar-refractivity contribution is 0.102. The molecular weight excluding hydrogens is 410 g/mol. The second-order valence-corrected chi connectivity index (χ2v) is 7.70. The number of carbonyl (C=O) groups excluding carboxylic acids is 1. The number of ketones is 1. The smallest absolute Gasteiger partial charge is 0.192 e. The van der Waals surface area contributed by atoms with Crippen molar-refractivity contribution in [3.05, 3.63) is 78.6 Å². The van der Waals surface area contributed by atoms with Gasteiger partial charge in [-0.1, -0.05) is 23.9 Å². The lowest BCUT2D eigenvalue weighted by atomic mass is 10.1. The summed E-state index contributed by atoms with van der Waals surface area (Å²) < 4.78 is 6.87. The Bertz CT molecular complexity index is 1380. The summed E-state index contributed by atoms with van der Waals surface area (Å²) in [5, 5.41) is 6.19. The number of Topliss-reactive ketones (excluding diaryl/α,β-unsaturated/α-hetero) is 1. The second-order valence-electron chi connectivity index (χ2n) is 6.76. The quantitative estimate of drug-likeness (QED) is 0.227. The van der Waals surface area contributed by atoms with Crippen LogP contribution in [0.1, 0.15) is 10.4 Å². The average Bonchev–Trinajstić information content (AvgIpc) is 3.29. The van der Waals surface area contributed by atoms with E-state index in [1.54, 1.807) is 48.3 Å². The van der Waals surface area contributed by atoms with E-state index in [-0.39, 0.29) is 11.5 Å². The van der Waals surface area contributed by atoms with E-state index in [4.69, 9.17) is 14.7 Å². The molecule has 0 radical (unpaired) electrons. The van der Waals surface area contributed by atoms with Crippen molar-refractivity contribution in [1.29, 1.82) is 0 Å². The first-order chi connectivity index (χ1) is 15.2. The molecule has 0 spiro atoms. The standard InChI is InChI=1S/C23H17N5O2S/c1-30-17-8-6-15(7-9-17)20(29)14-31-23-25-19-5-3-2-4-18(19)22-26-21(27-28(22)23)16-10-12-24-13-11-16/h2-13H,14H2,1H3. The molecule has 0 bridgehead atoms. The van der Waals surface area contributed by atoms with Crippen LogP contribution in [0.5, 0.6) is 5.75 Å². The first kappa shape index (κ1) is 19.2. The average molecular weight is 427 g/mol. The molecule has 152 valence electrons. The Kier molecular flexibility index (Phi) is 5.05. The summed E-state index contributed by atoms with van der Waals surface area (Å²) in [6.45, 7) is 0. The molecular formula is C23H17N5O2S. The Morgan fingerprint density at radius 2 is 1.77 bits per heavy atom. The minimum atomic E-state index is 0.00485. The Hall–Kier alpha value is -3.78. The molecule has 3 heterocycles. The number of pyridine rings is 1. The molecule has 2 aromatic carbocycles. The number of fused-ring (bicyclic) bond motifs is 3. The maximum absolute atomic E-state index is 12.7. The van der Waals surface area contributed by atoms with Gasteiger partial charge in [0.1, 0.15) is 5.75 Å². The number of hydrogen-bond acceptors (Lipinski definition) is 7. The summed E-state index contributed by atoms with van der Waals surface area (Å²) in [4.78, 5) is 26.2. The molecule has 5 aromatic rings. The number of para-hydroxylation sites is 1. The van der Waals surface area contributed by atoms with Crippen molar-refractivity contribution in [3.8, 4) is 17.1 Å². The fraction of sp³-hybridized carbons (Fsp3) is 0.0870. The van der Waals surface area contributed by atoms with Crippen molar-refractivity contribution < 1.29 is 9.53 Å². The van der Waals surface area contributed by atoms with Crippen LogP contribution < -0.4 is 4.74 Å². The number of ether oxygens (including phenoxy) is 1. The van der Waals surface area contributed by atoms with Crippen molar-refractivity contribution in [2.75, 3.05) is 12.9 Å². The van der Waals surface area contributed by atoms with Crippen LogP contribution in [0.2, 0.25) is 0 Å². The highest BCUT2D eigenvalue weighted by molar-refractivity contribution is 7.99. The van der Waals surface area contributed by atoms with Gasteiger partial charge in [0.25, 0.3) is 0 Å². The number of hydrogen-bond donors (Lipinski definition) is 0. The molecule has 0 aliphatic rings. The normalized spacial score (nSPS) is 11.1. The SMILES string of the molecule is COc1ccc(C(=O)CSc2nc3ccccc3c3nc(-c4ccncc4)nn23)cc1. The Balaban J connectivity index is 1.52. The van der Waals surface area contributed by atoms with Gasteiger partial charge in [-0.2, -0.15) is 4.52 Å². The molecule has 0 amide bonds. The van der Waals surface area contributed by atoms with E-state index < -0.39 is 0 Å². The minimum Gasteiger partial charge on any atom is -0.497 e. The molecule has 0 saturated heterocycles. The number of methoxy groups -OCH3 is 1. The van der Waals surface area contributed by atoms with E-state index in [9.17, 15) is 4.79 Å². The minimum absolute atomic E-state index is 0.00485. The number of nitrogens with zero attached hydrogens (tertiary/aromatic N) is 5. The Labute approximate surface area is 182 Å². The Morgan fingerprint density at radius 3 is 2.55 bits per heavy atom. The fourth-order valence-electron chi connectivity index (χ4n) is 3.24. The van der Waals surface area contributed by atoms with E-state index in [2.05, 4.69) is 10.1 Å². The summed E-state index contributed by atoms with van der Waals surface area (Å²) in [5.74, 6) is 1.54. The van der Waals surface area contributed by atoms with Crippen LogP contribution in [0.15, 0.2) is 78.2 Å². The largest absolute Gasteiger partial charge is 0.497 e. The predicted molar refractivity (Wildman–Crippen MR) is 120 cm³/mol. The summed E-state index contributed by atoms with van der Waals surface area (Å²) in [6, 6.07) is 18.6. The molecule has 3 aromatic heterocycles. The third-order valence-electron chi connectivity index (χ3n) is 4.83. The van der Waals surface area contributed by atoms with Gasteiger partial charge in [0, 0.05) is 28.9 Å². The van der Waals surface area contributed by atoms with E-state index in [0.29, 0.717) is 27.9 Å². The first-order valence-corrected chi connectivity index (χ1v) is 10.6. The molecule has 31 heavy (non-hydrogen) atoms. The zero-order chi connectivity index (χ0) is 21.2. The molecule has 7 nitrogen and oxygen atoms in total. The zero-order valence-electron chi connectivity index (χ0n) is 16.6. The van der Waals surface area contributed by atoms with Crippen molar-refractivity contribution in [2.24, 2.45) is 0 Å². The highest BCUT2D eigenvalue weighted by Gasteiger charge is 2.16. The van der Waals surface area contributed by atoms with E-state index in [1.165, 1.54) is 11.8 Å². The lowest BCUT2D eigenvalue weighted by Crippen LogP contribution is -2.05. The lowest BCUT2D eigenvalue weighted by Gasteiger charge is -2.06. The van der Waals surface area contributed by atoms with Crippen LogP contribution in [-0.4, -0.2) is 43.2 Å². The zero-order valence-corrected chi connectivity index (χ0v) is 17.4. The van der Waals surface area contributed by atoms with Crippen LogP contribution in [0, 0.1) is 0 Å². The maximum atomic E-state index is 12.7. The molecule has 0 atom stereocenters. The van der Waals surface area contributed by atoms with Crippen molar-refractivity contribution in [2.45, 2.75) is 5.16 Å². The van der Waals surface area contributed by atoms with Gasteiger partial charge in [0.15, 0.2) is 22.4 Å². The number of thioether (sulfide) groups is 1. The molecule has 0 saturated carbocycles. The van der Waals surface area contributed by atoms with Gasteiger partial charge in [0.05, 0.1) is 18.4 Å². The molecule has 0 aliphatic heterocycles. The molecule has 8 heteroatoms. The van der Waals surface area contributed by atoms with Gasteiger partial charge in [-0.25, -0.2) is 9.97 Å². The molecule has 0 fully saturated rings. The van der Waals surface area contributed by atoms with Crippen molar-refractivity contribution >= 4 is 34.1 Å². The predicted octanol–water partition coefficient (Wildman–Crippen LogP) is 4.32. The van der Waals surface area contributed by atoms with Crippen LogP contribution >= 0.6 is 11.8 Å². The van der Waals surface area contributed by atoms with Crippen LogP contribution in [0.3, 0.4) is 0 Å². The highest BCUT2D eigenvalue weighted by Crippen LogP contribution is 2.27. The van der Waals surface area contributed by atoms with E-state index in [1.807, 2.05) is 36.4 Å². The van der Waals surface area contributed by atoms with E-state index >= 15 is 0 Å². The monoisotopic (exact) mass is 427 g/mol. The summed E-state index contributed by atoms with van der Waals surface area (Å²) in [6.07, 6.45) is 3.42. The topological polar surface area (TPSA) is 82.3 Å². The fourth-order valence-corrected chi connectivity index (χ4v) is 4.08. The number of aromatic nitrogens is 5. The summed E-state index contributed by atoms with van der Waals surface area (Å²) >= 11 is 1.34. The molecule has 0 unspecified atom stereocenters. The second kappa shape index (κ2) is 8.16. The number of benzene rings is 2. The van der Waals surface area contributed by atoms with Gasteiger partial charge in [-0.3, -0.25) is 9.78 Å². The number of carbonyl (C=O) groups is 1. The van der Waals surface area contributed by atoms with Crippen LogP contribution in [0.4, 0.5) is 0 Å². The van der Waals surface area contributed by atoms with Gasteiger partial charge in [0.2, 0.25) is 0 Å². The molecule has 0 aliphatic carbocycles. The van der Waals surface area contributed by atoms with Crippen molar-refractivity contribution in [1.82, 2.24) is 24.6 Å². The van der Waals surface area contributed by atoms with Crippen LogP contribution in [0.25, 0.3) is 27.9 Å². The first-order valence-electron chi connectivity index (χ1n) is 9.59. The summed E-state index contributed by atoms with van der Waals surface area (Å²) in [5.41, 5.74) is 3.01. The summed E-state index contributed by atoms with van der Waals surface area (Å²) in [7, 11) is 1.60. The van der Waals surface area contributed by atoms with Crippen LogP contribution in [-0.2, 0) is 0 Å². The maximum Gasteiger partial charge on any atom is 0.192 e. The Morgan fingerprint density at radius 1 is 1.00 bits per heavy atom. The third kappa shape index (κ3) is 3.73. The van der Waals surface area contributed by atoms with Gasteiger partial charge < -0.3 is 4.74 Å². The van der Waals surface area contributed by atoms with Gasteiger partial charge in [-0.15, -0.1) is 5.10 Å². The molecule has 0 N–H and O–H groups in total. The molecule has 5 rings (SSSR count). The van der Waals surface area contributed by atoms with Gasteiger partial charge >= 0.3 is 0 Å². The third-order valence-corrected chi connectivity index (χ3v) is 5.76.